The fourth-order valence-electron chi connectivity index (χ4n) is 4.66. The lowest BCUT2D eigenvalue weighted by Gasteiger charge is -2.39. The molecule has 3 rings (SSSR count). The van der Waals surface area contributed by atoms with E-state index in [1.54, 1.807) is 0 Å². The SMILES string of the molecule is N[C@]1(C(=O)O)C2CC(C[C@H]2CCc2ccccc2)[C@@H]1C(=O)O. The molecule has 0 saturated heterocycles. The number of carbonyl (C=O) groups is 2. The molecule has 2 fully saturated rings. The number of carboxylic acids is 2. The molecular weight excluding hydrogens is 282 g/mol. The van der Waals surface area contributed by atoms with Crippen LogP contribution in [0.5, 0.6) is 0 Å². The summed E-state index contributed by atoms with van der Waals surface area (Å²) in [6.07, 6.45) is 3.14. The molecular formula is C17H21NO4. The highest BCUT2D eigenvalue weighted by atomic mass is 16.4. The third-order valence-corrected chi connectivity index (χ3v) is 5.61. The van der Waals surface area contributed by atoms with Crippen molar-refractivity contribution in [3.05, 3.63) is 35.9 Å². The maximum atomic E-state index is 11.7. The average molecular weight is 303 g/mol. The Kier molecular flexibility index (Phi) is 3.68. The standard InChI is InChI=1S/C17H21NO4/c18-17(16(21)22)13-9-12(14(17)15(19)20)8-11(13)7-6-10-4-2-1-3-5-10/h1-5,11-14H,6-9,18H2,(H,19,20)(H,21,22)/t11-,12?,13?,14-,17-/m1/s1. The predicted molar refractivity (Wildman–Crippen MR) is 80.1 cm³/mol. The van der Waals surface area contributed by atoms with Crippen molar-refractivity contribution in [1.82, 2.24) is 0 Å². The molecule has 5 atom stereocenters. The van der Waals surface area contributed by atoms with E-state index in [0.29, 0.717) is 6.42 Å². The smallest absolute Gasteiger partial charge is 0.324 e. The maximum absolute atomic E-state index is 11.7. The maximum Gasteiger partial charge on any atom is 0.324 e. The minimum Gasteiger partial charge on any atom is -0.481 e. The van der Waals surface area contributed by atoms with Crippen molar-refractivity contribution in [2.45, 2.75) is 31.2 Å². The van der Waals surface area contributed by atoms with E-state index in [0.717, 1.165) is 19.3 Å². The molecule has 0 heterocycles. The first-order chi connectivity index (χ1) is 10.4. The van der Waals surface area contributed by atoms with Crippen molar-refractivity contribution in [2.24, 2.45) is 29.4 Å². The number of fused-ring (bicyclic) bond motifs is 2. The van der Waals surface area contributed by atoms with Gasteiger partial charge in [0.15, 0.2) is 0 Å². The van der Waals surface area contributed by atoms with Crippen molar-refractivity contribution in [3.8, 4) is 0 Å². The molecule has 2 bridgehead atoms. The zero-order valence-corrected chi connectivity index (χ0v) is 12.3. The zero-order valence-electron chi connectivity index (χ0n) is 12.3. The van der Waals surface area contributed by atoms with Crippen LogP contribution in [-0.2, 0) is 16.0 Å². The molecule has 0 amide bonds. The molecule has 0 spiro atoms. The van der Waals surface area contributed by atoms with E-state index in [4.69, 9.17) is 5.73 Å². The molecule has 4 N–H and O–H groups in total. The second-order valence-corrected chi connectivity index (χ2v) is 6.68. The van der Waals surface area contributed by atoms with Gasteiger partial charge in [-0.3, -0.25) is 9.59 Å². The lowest BCUT2D eigenvalue weighted by molar-refractivity contribution is -0.159. The van der Waals surface area contributed by atoms with Gasteiger partial charge in [0.1, 0.15) is 5.54 Å². The van der Waals surface area contributed by atoms with Gasteiger partial charge in [0.25, 0.3) is 0 Å². The summed E-state index contributed by atoms with van der Waals surface area (Å²) in [6, 6.07) is 10.1. The topological polar surface area (TPSA) is 101 Å². The van der Waals surface area contributed by atoms with E-state index in [1.807, 2.05) is 18.2 Å². The first-order valence-electron chi connectivity index (χ1n) is 7.73. The molecule has 2 aliphatic rings. The van der Waals surface area contributed by atoms with Crippen LogP contribution < -0.4 is 5.73 Å². The van der Waals surface area contributed by atoms with Crippen LogP contribution in [0.4, 0.5) is 0 Å². The van der Waals surface area contributed by atoms with Crippen molar-refractivity contribution in [3.63, 3.8) is 0 Å². The van der Waals surface area contributed by atoms with Gasteiger partial charge in [-0.2, -0.15) is 0 Å². The van der Waals surface area contributed by atoms with Crippen LogP contribution in [0.25, 0.3) is 0 Å². The van der Waals surface area contributed by atoms with Gasteiger partial charge in [-0.15, -0.1) is 0 Å². The molecule has 1 aromatic carbocycles. The van der Waals surface area contributed by atoms with Crippen LogP contribution in [0.1, 0.15) is 24.8 Å². The summed E-state index contributed by atoms with van der Waals surface area (Å²) in [5.41, 5.74) is 5.72. The highest BCUT2D eigenvalue weighted by molar-refractivity contribution is 5.88. The molecule has 118 valence electrons. The number of rotatable bonds is 5. The first kappa shape index (κ1) is 15.0. The largest absolute Gasteiger partial charge is 0.481 e. The third kappa shape index (κ3) is 2.20. The van der Waals surface area contributed by atoms with E-state index in [9.17, 15) is 19.8 Å². The summed E-state index contributed by atoms with van der Waals surface area (Å²) >= 11 is 0. The molecule has 2 aliphatic carbocycles. The first-order valence-corrected chi connectivity index (χ1v) is 7.73. The lowest BCUT2D eigenvalue weighted by Crippen LogP contribution is -2.62. The quantitative estimate of drug-likeness (QED) is 0.769. The van der Waals surface area contributed by atoms with Crippen LogP contribution in [0.3, 0.4) is 0 Å². The number of nitrogens with two attached hydrogens (primary N) is 1. The van der Waals surface area contributed by atoms with E-state index in [1.165, 1.54) is 5.56 Å². The molecule has 0 aliphatic heterocycles. The third-order valence-electron chi connectivity index (χ3n) is 5.61. The highest BCUT2D eigenvalue weighted by Crippen LogP contribution is 2.57. The van der Waals surface area contributed by atoms with Gasteiger partial charge in [-0.05, 0) is 49.0 Å². The molecule has 1 aromatic rings. The molecule has 0 aromatic heterocycles. The number of aryl methyl sites for hydroxylation is 1. The molecule has 5 heteroatoms. The number of hydrogen-bond acceptors (Lipinski definition) is 3. The van der Waals surface area contributed by atoms with Gasteiger partial charge in [-0.1, -0.05) is 30.3 Å². The monoisotopic (exact) mass is 303 g/mol. The molecule has 2 saturated carbocycles. The Morgan fingerprint density at radius 1 is 1.18 bits per heavy atom. The molecule has 22 heavy (non-hydrogen) atoms. The Labute approximate surface area is 129 Å². The number of benzene rings is 1. The molecule has 5 nitrogen and oxygen atoms in total. The van der Waals surface area contributed by atoms with Crippen LogP contribution in [0, 0.1) is 23.7 Å². The number of aliphatic carboxylic acids is 2. The normalized spacial score (nSPS) is 36.4. The number of hydrogen-bond donors (Lipinski definition) is 3. The van der Waals surface area contributed by atoms with Crippen molar-refractivity contribution in [2.75, 3.05) is 0 Å². The van der Waals surface area contributed by atoms with Gasteiger partial charge in [-0.25, -0.2) is 0 Å². The number of carboxylic acid groups (broad SMARTS) is 2. The predicted octanol–water partition coefficient (Wildman–Crippen LogP) is 1.76. The Morgan fingerprint density at radius 2 is 1.86 bits per heavy atom. The minimum absolute atomic E-state index is 0.107. The fourth-order valence-corrected chi connectivity index (χ4v) is 4.66. The van der Waals surface area contributed by atoms with Crippen molar-refractivity contribution >= 4 is 11.9 Å². The second-order valence-electron chi connectivity index (χ2n) is 6.68. The molecule has 0 radical (unpaired) electrons. The summed E-state index contributed by atoms with van der Waals surface area (Å²) in [7, 11) is 0. The van der Waals surface area contributed by atoms with Gasteiger partial charge in [0.2, 0.25) is 0 Å². The van der Waals surface area contributed by atoms with Crippen LogP contribution >= 0.6 is 0 Å². The average Bonchev–Trinajstić information content (AvgIpc) is 3.02. The summed E-state index contributed by atoms with van der Waals surface area (Å²) in [5.74, 6) is -3.34. The van der Waals surface area contributed by atoms with E-state index in [-0.39, 0.29) is 17.8 Å². The minimum atomic E-state index is -1.61. The Morgan fingerprint density at radius 3 is 2.45 bits per heavy atom. The summed E-state index contributed by atoms with van der Waals surface area (Å²) in [5, 5.41) is 18.9. The second kappa shape index (κ2) is 5.39. The van der Waals surface area contributed by atoms with Crippen LogP contribution in [0.2, 0.25) is 0 Å². The highest BCUT2D eigenvalue weighted by Gasteiger charge is 2.66. The lowest BCUT2D eigenvalue weighted by atomic mass is 9.67. The summed E-state index contributed by atoms with van der Waals surface area (Å²) < 4.78 is 0. The van der Waals surface area contributed by atoms with E-state index >= 15 is 0 Å². The summed E-state index contributed by atoms with van der Waals surface area (Å²) in [6.45, 7) is 0. The zero-order chi connectivity index (χ0) is 15.9. The van der Waals surface area contributed by atoms with Gasteiger partial charge >= 0.3 is 11.9 Å². The fraction of sp³-hybridized carbons (Fsp3) is 0.529. The van der Waals surface area contributed by atoms with Gasteiger partial charge in [0, 0.05) is 0 Å². The van der Waals surface area contributed by atoms with E-state index in [2.05, 4.69) is 12.1 Å². The Balaban J connectivity index is 1.75. The van der Waals surface area contributed by atoms with Gasteiger partial charge < -0.3 is 15.9 Å². The summed E-state index contributed by atoms with van der Waals surface area (Å²) in [4.78, 5) is 23.1. The van der Waals surface area contributed by atoms with E-state index < -0.39 is 23.4 Å². The Bertz CT molecular complexity index is 588. The van der Waals surface area contributed by atoms with Crippen LogP contribution in [0.15, 0.2) is 30.3 Å². The van der Waals surface area contributed by atoms with Crippen LogP contribution in [-0.4, -0.2) is 27.7 Å². The van der Waals surface area contributed by atoms with Crippen molar-refractivity contribution in [1.29, 1.82) is 0 Å². The van der Waals surface area contributed by atoms with Gasteiger partial charge in [0.05, 0.1) is 5.92 Å². The molecule has 2 unspecified atom stereocenters. The van der Waals surface area contributed by atoms with Crippen molar-refractivity contribution < 1.29 is 19.8 Å². The Hall–Kier alpha value is -1.88.